The van der Waals surface area contributed by atoms with E-state index in [4.69, 9.17) is 0 Å². The Labute approximate surface area is 136 Å². The van der Waals surface area contributed by atoms with Crippen LogP contribution in [0, 0.1) is 0 Å². The summed E-state index contributed by atoms with van der Waals surface area (Å²) >= 11 is 0. The average Bonchev–Trinajstić information content (AvgIpc) is 3.09. The molecule has 1 saturated heterocycles. The van der Waals surface area contributed by atoms with Gasteiger partial charge in [0.2, 0.25) is 5.95 Å². The lowest BCUT2D eigenvalue weighted by Crippen LogP contribution is -2.27. The van der Waals surface area contributed by atoms with Crippen LogP contribution in [-0.4, -0.2) is 33.9 Å². The number of anilines is 2. The molecular weight excluding hydrogens is 321 g/mol. The lowest BCUT2D eigenvalue weighted by atomic mass is 10.2. The van der Waals surface area contributed by atoms with Crippen LogP contribution in [0.1, 0.15) is 28.9 Å². The molecule has 1 aliphatic heterocycles. The highest BCUT2D eigenvalue weighted by Crippen LogP contribution is 2.28. The van der Waals surface area contributed by atoms with E-state index in [-0.39, 0.29) is 11.9 Å². The Hall–Kier alpha value is -2.64. The number of amides is 1. The number of hydrogen-bond donors (Lipinski definition) is 1. The van der Waals surface area contributed by atoms with E-state index in [9.17, 15) is 18.0 Å². The molecule has 1 N–H and O–H groups in total. The zero-order valence-corrected chi connectivity index (χ0v) is 12.7. The number of hydrogen-bond acceptors (Lipinski definition) is 4. The molecule has 126 valence electrons. The van der Waals surface area contributed by atoms with Gasteiger partial charge < -0.3 is 10.2 Å². The summed E-state index contributed by atoms with van der Waals surface area (Å²) in [5.74, 6) is -0.183. The Bertz CT molecular complexity index is 725. The van der Waals surface area contributed by atoms with Gasteiger partial charge in [0.05, 0.1) is 0 Å². The van der Waals surface area contributed by atoms with Crippen molar-refractivity contribution in [3.05, 3.63) is 47.8 Å². The van der Waals surface area contributed by atoms with Crippen molar-refractivity contribution >= 4 is 17.5 Å². The third-order valence-electron chi connectivity index (χ3n) is 3.73. The van der Waals surface area contributed by atoms with E-state index in [1.165, 1.54) is 0 Å². The van der Waals surface area contributed by atoms with E-state index < -0.39 is 11.9 Å². The SMILES string of the molecule is O=C(c1ccc(Nc2nccc(C(F)(F)F)n2)cc1)N1CCCC1. The van der Waals surface area contributed by atoms with E-state index in [2.05, 4.69) is 15.3 Å². The second kappa shape index (κ2) is 6.46. The van der Waals surface area contributed by atoms with Crippen molar-refractivity contribution in [1.82, 2.24) is 14.9 Å². The van der Waals surface area contributed by atoms with Gasteiger partial charge in [-0.2, -0.15) is 13.2 Å². The number of rotatable bonds is 3. The Kier molecular flexibility index (Phi) is 4.37. The number of halogens is 3. The molecule has 0 aliphatic carbocycles. The van der Waals surface area contributed by atoms with Gasteiger partial charge in [0.15, 0.2) is 0 Å². The summed E-state index contributed by atoms with van der Waals surface area (Å²) < 4.78 is 37.9. The molecule has 5 nitrogen and oxygen atoms in total. The second-order valence-electron chi connectivity index (χ2n) is 5.46. The molecule has 0 bridgehead atoms. The molecule has 2 aromatic rings. The number of likely N-dealkylation sites (tertiary alicyclic amines) is 1. The van der Waals surface area contributed by atoms with Crippen molar-refractivity contribution in [3.63, 3.8) is 0 Å². The van der Waals surface area contributed by atoms with Crippen molar-refractivity contribution < 1.29 is 18.0 Å². The highest BCUT2D eigenvalue weighted by atomic mass is 19.4. The van der Waals surface area contributed by atoms with Gasteiger partial charge in [-0.05, 0) is 43.2 Å². The number of nitrogens with one attached hydrogen (secondary N) is 1. The first-order valence-electron chi connectivity index (χ1n) is 7.50. The minimum Gasteiger partial charge on any atom is -0.339 e. The molecule has 0 radical (unpaired) electrons. The van der Waals surface area contributed by atoms with Crippen molar-refractivity contribution in [2.75, 3.05) is 18.4 Å². The minimum atomic E-state index is -4.52. The first-order chi connectivity index (χ1) is 11.4. The van der Waals surface area contributed by atoms with Crippen LogP contribution in [0.15, 0.2) is 36.5 Å². The maximum Gasteiger partial charge on any atom is 0.433 e. The molecule has 24 heavy (non-hydrogen) atoms. The fraction of sp³-hybridized carbons (Fsp3) is 0.312. The smallest absolute Gasteiger partial charge is 0.339 e. The molecule has 1 aromatic heterocycles. The van der Waals surface area contributed by atoms with Crippen molar-refractivity contribution in [2.24, 2.45) is 0 Å². The monoisotopic (exact) mass is 336 g/mol. The van der Waals surface area contributed by atoms with Gasteiger partial charge in [0, 0.05) is 30.5 Å². The van der Waals surface area contributed by atoms with E-state index >= 15 is 0 Å². The van der Waals surface area contributed by atoms with E-state index in [0.29, 0.717) is 11.3 Å². The zero-order chi connectivity index (χ0) is 17.2. The van der Waals surface area contributed by atoms with Crippen LogP contribution < -0.4 is 5.32 Å². The maximum absolute atomic E-state index is 12.6. The number of carbonyl (C=O) groups excluding carboxylic acids is 1. The standard InChI is InChI=1S/C16H15F3N4O/c17-16(18,19)13-7-8-20-15(22-13)21-12-5-3-11(4-6-12)14(24)23-9-1-2-10-23/h3-8H,1-2,9-10H2,(H,20,21,22). The minimum absolute atomic E-state index is 0.0330. The fourth-order valence-electron chi connectivity index (χ4n) is 2.50. The molecule has 1 aromatic carbocycles. The van der Waals surface area contributed by atoms with Gasteiger partial charge >= 0.3 is 6.18 Å². The van der Waals surface area contributed by atoms with Crippen LogP contribution in [0.3, 0.4) is 0 Å². The molecular formula is C16H15F3N4O. The number of aromatic nitrogens is 2. The highest BCUT2D eigenvalue weighted by Gasteiger charge is 2.32. The zero-order valence-electron chi connectivity index (χ0n) is 12.7. The Balaban J connectivity index is 1.71. The normalized spacial score (nSPS) is 14.7. The first-order valence-corrected chi connectivity index (χ1v) is 7.50. The predicted molar refractivity (Wildman–Crippen MR) is 81.9 cm³/mol. The Morgan fingerprint density at radius 2 is 1.75 bits per heavy atom. The van der Waals surface area contributed by atoms with Crippen LogP contribution in [0.4, 0.5) is 24.8 Å². The van der Waals surface area contributed by atoms with Gasteiger partial charge in [-0.1, -0.05) is 0 Å². The van der Waals surface area contributed by atoms with Crippen molar-refractivity contribution in [3.8, 4) is 0 Å². The summed E-state index contributed by atoms with van der Waals surface area (Å²) in [5.41, 5.74) is 0.0422. The lowest BCUT2D eigenvalue weighted by molar-refractivity contribution is -0.141. The van der Waals surface area contributed by atoms with Gasteiger partial charge in [0.1, 0.15) is 5.69 Å². The quantitative estimate of drug-likeness (QED) is 0.932. The van der Waals surface area contributed by atoms with Gasteiger partial charge in [-0.25, -0.2) is 9.97 Å². The number of nitrogens with zero attached hydrogens (tertiary/aromatic N) is 3. The average molecular weight is 336 g/mol. The molecule has 8 heteroatoms. The molecule has 1 amide bonds. The summed E-state index contributed by atoms with van der Waals surface area (Å²) in [4.78, 5) is 21.2. The van der Waals surface area contributed by atoms with E-state index in [0.717, 1.165) is 38.2 Å². The first kappa shape index (κ1) is 16.2. The van der Waals surface area contributed by atoms with Gasteiger partial charge in [-0.15, -0.1) is 0 Å². The van der Waals surface area contributed by atoms with E-state index in [1.54, 1.807) is 29.2 Å². The van der Waals surface area contributed by atoms with Gasteiger partial charge in [0.25, 0.3) is 5.91 Å². The second-order valence-corrected chi connectivity index (χ2v) is 5.46. The largest absolute Gasteiger partial charge is 0.433 e. The summed E-state index contributed by atoms with van der Waals surface area (Å²) in [6.45, 7) is 1.52. The number of alkyl halides is 3. The Morgan fingerprint density at radius 1 is 1.08 bits per heavy atom. The van der Waals surface area contributed by atoms with Crippen molar-refractivity contribution in [1.29, 1.82) is 0 Å². The molecule has 0 saturated carbocycles. The topological polar surface area (TPSA) is 58.1 Å². The molecule has 0 unspecified atom stereocenters. The third-order valence-corrected chi connectivity index (χ3v) is 3.73. The summed E-state index contributed by atoms with van der Waals surface area (Å²) in [6.07, 6.45) is -1.45. The number of carbonyl (C=O) groups is 1. The van der Waals surface area contributed by atoms with Gasteiger partial charge in [-0.3, -0.25) is 4.79 Å². The Morgan fingerprint density at radius 3 is 2.38 bits per heavy atom. The lowest BCUT2D eigenvalue weighted by Gasteiger charge is -2.15. The third kappa shape index (κ3) is 3.64. The van der Waals surface area contributed by atoms with E-state index in [1.807, 2.05) is 0 Å². The molecule has 0 spiro atoms. The maximum atomic E-state index is 12.6. The predicted octanol–water partition coefficient (Wildman–Crippen LogP) is 3.48. The summed E-state index contributed by atoms with van der Waals surface area (Å²) in [6, 6.07) is 7.32. The molecule has 2 heterocycles. The highest BCUT2D eigenvalue weighted by molar-refractivity contribution is 5.94. The van der Waals surface area contributed by atoms with Crippen LogP contribution in [0.5, 0.6) is 0 Å². The molecule has 1 aliphatic rings. The summed E-state index contributed by atoms with van der Waals surface area (Å²) in [7, 11) is 0. The number of benzene rings is 1. The summed E-state index contributed by atoms with van der Waals surface area (Å²) in [5, 5.41) is 2.70. The fourth-order valence-corrected chi connectivity index (χ4v) is 2.50. The van der Waals surface area contributed by atoms with Crippen LogP contribution >= 0.6 is 0 Å². The molecule has 0 atom stereocenters. The van der Waals surface area contributed by atoms with Crippen LogP contribution in [-0.2, 0) is 6.18 Å². The van der Waals surface area contributed by atoms with Crippen LogP contribution in [0.25, 0.3) is 0 Å². The molecule has 1 fully saturated rings. The molecule has 3 rings (SSSR count). The van der Waals surface area contributed by atoms with Crippen molar-refractivity contribution in [2.45, 2.75) is 19.0 Å². The van der Waals surface area contributed by atoms with Crippen LogP contribution in [0.2, 0.25) is 0 Å².